The van der Waals surface area contributed by atoms with Crippen molar-refractivity contribution in [3.63, 3.8) is 0 Å². The molecule has 0 saturated carbocycles. The van der Waals surface area contributed by atoms with Crippen LogP contribution in [0.2, 0.25) is 0 Å². The van der Waals surface area contributed by atoms with Gasteiger partial charge in [0.05, 0.1) is 18.9 Å². The van der Waals surface area contributed by atoms with Gasteiger partial charge < -0.3 is 9.47 Å². The van der Waals surface area contributed by atoms with Gasteiger partial charge >= 0.3 is 0 Å². The zero-order valence-electron chi connectivity index (χ0n) is 10.8. The molecular weight excluding hydrogens is 254 g/mol. The van der Waals surface area contributed by atoms with Crippen LogP contribution in [0, 0.1) is 0 Å². The van der Waals surface area contributed by atoms with Crippen LogP contribution in [-0.4, -0.2) is 27.6 Å². The zero-order chi connectivity index (χ0) is 13.4. The summed E-state index contributed by atoms with van der Waals surface area (Å²) in [5.41, 5.74) is 1.87. The molecule has 0 fully saturated rings. The van der Waals surface area contributed by atoms with Crippen LogP contribution in [-0.2, 0) is 0 Å². The molecule has 3 aromatic rings. The standard InChI is InChI=1S/C15H13N3O2/c1-5-16-15-17-12(10-18(15)6-1)11-3-4-13-14(9-11)20-8-2-7-19-13/h1,3-6,9-10H,2,7-8H2. The molecule has 2 aromatic heterocycles. The molecular formula is C15H13N3O2. The van der Waals surface area contributed by atoms with E-state index in [4.69, 9.17) is 9.47 Å². The molecule has 1 aliphatic rings. The van der Waals surface area contributed by atoms with Gasteiger partial charge in [-0.2, -0.15) is 0 Å². The number of hydrogen-bond donors (Lipinski definition) is 0. The van der Waals surface area contributed by atoms with E-state index in [0.29, 0.717) is 19.0 Å². The van der Waals surface area contributed by atoms with Gasteiger partial charge in [-0.05, 0) is 24.3 Å². The number of fused-ring (bicyclic) bond motifs is 2. The minimum atomic E-state index is 0.684. The normalized spacial score (nSPS) is 14.2. The van der Waals surface area contributed by atoms with Gasteiger partial charge in [-0.3, -0.25) is 4.40 Å². The maximum absolute atomic E-state index is 5.71. The van der Waals surface area contributed by atoms with Gasteiger partial charge in [-0.15, -0.1) is 0 Å². The molecule has 1 aliphatic heterocycles. The van der Waals surface area contributed by atoms with Gasteiger partial charge in [-0.25, -0.2) is 9.97 Å². The molecule has 0 spiro atoms. The molecule has 0 amide bonds. The summed E-state index contributed by atoms with van der Waals surface area (Å²) >= 11 is 0. The molecule has 20 heavy (non-hydrogen) atoms. The van der Waals surface area contributed by atoms with Crippen molar-refractivity contribution in [3.8, 4) is 22.8 Å². The van der Waals surface area contributed by atoms with E-state index in [-0.39, 0.29) is 0 Å². The topological polar surface area (TPSA) is 48.7 Å². The summed E-state index contributed by atoms with van der Waals surface area (Å²) in [4.78, 5) is 8.74. The Balaban J connectivity index is 1.79. The van der Waals surface area contributed by atoms with Gasteiger partial charge in [0.15, 0.2) is 11.5 Å². The molecule has 0 bridgehead atoms. The van der Waals surface area contributed by atoms with Crippen molar-refractivity contribution in [3.05, 3.63) is 42.9 Å². The molecule has 0 radical (unpaired) electrons. The van der Waals surface area contributed by atoms with Crippen molar-refractivity contribution >= 4 is 5.78 Å². The minimum absolute atomic E-state index is 0.684. The lowest BCUT2D eigenvalue weighted by Crippen LogP contribution is -1.97. The third kappa shape index (κ3) is 1.87. The Hall–Kier alpha value is -2.56. The van der Waals surface area contributed by atoms with Gasteiger partial charge in [0.1, 0.15) is 0 Å². The highest BCUT2D eigenvalue weighted by atomic mass is 16.5. The molecule has 0 unspecified atom stereocenters. The number of benzene rings is 1. The molecule has 0 N–H and O–H groups in total. The second-order valence-corrected chi connectivity index (χ2v) is 4.67. The Bertz CT molecular complexity index is 734. The highest BCUT2D eigenvalue weighted by molar-refractivity contribution is 5.65. The summed E-state index contributed by atoms with van der Waals surface area (Å²) in [5, 5.41) is 0. The number of aromatic nitrogens is 3. The molecule has 3 heterocycles. The SMILES string of the molecule is c1cnc2nc(-c3ccc4c(c3)OCCCO4)cn2c1. The average Bonchev–Trinajstić information content (AvgIpc) is 2.78. The van der Waals surface area contributed by atoms with E-state index in [1.54, 1.807) is 6.20 Å². The summed E-state index contributed by atoms with van der Waals surface area (Å²) in [6.07, 6.45) is 6.53. The predicted molar refractivity (Wildman–Crippen MR) is 74.0 cm³/mol. The van der Waals surface area contributed by atoms with E-state index in [1.165, 1.54) is 0 Å². The van der Waals surface area contributed by atoms with Crippen LogP contribution in [0.1, 0.15) is 6.42 Å². The van der Waals surface area contributed by atoms with Gasteiger partial charge in [-0.1, -0.05) is 0 Å². The summed E-state index contributed by atoms with van der Waals surface area (Å²) in [7, 11) is 0. The zero-order valence-corrected chi connectivity index (χ0v) is 10.8. The van der Waals surface area contributed by atoms with Crippen molar-refractivity contribution in [2.75, 3.05) is 13.2 Å². The first-order valence-electron chi connectivity index (χ1n) is 6.60. The van der Waals surface area contributed by atoms with E-state index in [1.807, 2.05) is 41.1 Å². The second kappa shape index (κ2) is 4.52. The van der Waals surface area contributed by atoms with Crippen LogP contribution in [0.25, 0.3) is 17.0 Å². The van der Waals surface area contributed by atoms with E-state index in [2.05, 4.69) is 9.97 Å². The fraction of sp³-hybridized carbons (Fsp3) is 0.200. The molecule has 0 saturated heterocycles. The van der Waals surface area contributed by atoms with Crippen LogP contribution >= 0.6 is 0 Å². The third-order valence-corrected chi connectivity index (χ3v) is 3.28. The van der Waals surface area contributed by atoms with E-state index < -0.39 is 0 Å². The van der Waals surface area contributed by atoms with Gasteiger partial charge in [0.2, 0.25) is 5.78 Å². The van der Waals surface area contributed by atoms with E-state index in [0.717, 1.165) is 29.2 Å². The van der Waals surface area contributed by atoms with Crippen LogP contribution in [0.4, 0.5) is 0 Å². The van der Waals surface area contributed by atoms with Gasteiger partial charge in [0, 0.05) is 30.6 Å². The Morgan fingerprint density at radius 1 is 1.10 bits per heavy atom. The molecule has 5 heteroatoms. The Morgan fingerprint density at radius 3 is 2.90 bits per heavy atom. The molecule has 0 aliphatic carbocycles. The fourth-order valence-electron chi connectivity index (χ4n) is 2.29. The largest absolute Gasteiger partial charge is 0.490 e. The Labute approximate surface area is 115 Å². The number of ether oxygens (including phenoxy) is 2. The Morgan fingerprint density at radius 2 is 2.00 bits per heavy atom. The molecule has 0 atom stereocenters. The van der Waals surface area contributed by atoms with Crippen molar-refractivity contribution in [2.45, 2.75) is 6.42 Å². The molecule has 1 aromatic carbocycles. The maximum atomic E-state index is 5.71. The third-order valence-electron chi connectivity index (χ3n) is 3.28. The highest BCUT2D eigenvalue weighted by Gasteiger charge is 2.13. The monoisotopic (exact) mass is 267 g/mol. The lowest BCUT2D eigenvalue weighted by molar-refractivity contribution is 0.297. The van der Waals surface area contributed by atoms with Crippen LogP contribution in [0.5, 0.6) is 11.5 Å². The minimum Gasteiger partial charge on any atom is -0.490 e. The van der Waals surface area contributed by atoms with Crippen molar-refractivity contribution in [1.29, 1.82) is 0 Å². The predicted octanol–water partition coefficient (Wildman–Crippen LogP) is 2.56. The van der Waals surface area contributed by atoms with Gasteiger partial charge in [0.25, 0.3) is 0 Å². The average molecular weight is 267 g/mol. The van der Waals surface area contributed by atoms with Crippen LogP contribution in [0.15, 0.2) is 42.9 Å². The maximum Gasteiger partial charge on any atom is 0.234 e. The lowest BCUT2D eigenvalue weighted by Gasteiger charge is -2.07. The lowest BCUT2D eigenvalue weighted by atomic mass is 10.1. The molecule has 4 rings (SSSR count). The quantitative estimate of drug-likeness (QED) is 0.680. The number of rotatable bonds is 1. The summed E-state index contributed by atoms with van der Waals surface area (Å²) in [6.45, 7) is 1.38. The Kier molecular flexibility index (Phi) is 2.55. The highest BCUT2D eigenvalue weighted by Crippen LogP contribution is 2.33. The molecule has 100 valence electrons. The summed E-state index contributed by atoms with van der Waals surface area (Å²) in [5.74, 6) is 2.27. The van der Waals surface area contributed by atoms with Crippen LogP contribution < -0.4 is 9.47 Å². The first-order chi connectivity index (χ1) is 9.90. The van der Waals surface area contributed by atoms with E-state index in [9.17, 15) is 0 Å². The van der Waals surface area contributed by atoms with Crippen molar-refractivity contribution < 1.29 is 9.47 Å². The second-order valence-electron chi connectivity index (χ2n) is 4.67. The smallest absolute Gasteiger partial charge is 0.234 e. The molecule has 5 nitrogen and oxygen atoms in total. The van der Waals surface area contributed by atoms with E-state index >= 15 is 0 Å². The first-order valence-corrected chi connectivity index (χ1v) is 6.60. The number of nitrogens with zero attached hydrogens (tertiary/aromatic N) is 3. The van der Waals surface area contributed by atoms with Crippen LogP contribution in [0.3, 0.4) is 0 Å². The fourth-order valence-corrected chi connectivity index (χ4v) is 2.29. The summed E-state index contributed by atoms with van der Waals surface area (Å²) < 4.78 is 13.2. The number of hydrogen-bond acceptors (Lipinski definition) is 4. The van der Waals surface area contributed by atoms with Crippen molar-refractivity contribution in [2.24, 2.45) is 0 Å². The summed E-state index contributed by atoms with van der Waals surface area (Å²) in [6, 6.07) is 7.79. The number of imidazole rings is 1. The van der Waals surface area contributed by atoms with Crippen molar-refractivity contribution in [1.82, 2.24) is 14.4 Å². The first kappa shape index (κ1) is 11.3.